The van der Waals surface area contributed by atoms with Crippen LogP contribution in [-0.4, -0.2) is 26.0 Å². The molecule has 9 heteroatoms. The Labute approximate surface area is 166 Å². The van der Waals surface area contributed by atoms with Crippen LogP contribution in [0.15, 0.2) is 59.6 Å². The molecular formula is C17H19F3IN3O2. The van der Waals surface area contributed by atoms with Crippen LogP contribution >= 0.6 is 24.0 Å². The van der Waals surface area contributed by atoms with E-state index in [0.29, 0.717) is 0 Å². The molecule has 0 aromatic heterocycles. The smallest absolute Gasteiger partial charge is 0.404 e. The number of hydrogen-bond acceptors (Lipinski definition) is 3. The number of hydrogen-bond donors (Lipinski definition) is 2. The summed E-state index contributed by atoms with van der Waals surface area (Å²) in [7, 11) is 1.54. The molecule has 0 amide bonds. The molecule has 0 aliphatic carbocycles. The second-order valence-corrected chi connectivity index (χ2v) is 5.03. The van der Waals surface area contributed by atoms with Gasteiger partial charge in [-0.05, 0) is 17.7 Å². The van der Waals surface area contributed by atoms with Gasteiger partial charge in [-0.2, -0.15) is 0 Å². The minimum absolute atomic E-state index is 0. The molecule has 1 atom stereocenters. The first-order valence-electron chi connectivity index (χ1n) is 7.38. The van der Waals surface area contributed by atoms with Crippen LogP contribution in [-0.2, 0) is 4.74 Å². The van der Waals surface area contributed by atoms with Crippen molar-refractivity contribution in [3.05, 3.63) is 60.2 Å². The SMILES string of the molecule is COC(CN=C(N)Nc1ccccc1OC(F)(F)F)c1ccccc1.I. The van der Waals surface area contributed by atoms with E-state index in [1.54, 1.807) is 13.2 Å². The van der Waals surface area contributed by atoms with Crippen molar-refractivity contribution in [1.82, 2.24) is 0 Å². The maximum Gasteiger partial charge on any atom is 0.573 e. The van der Waals surface area contributed by atoms with Crippen LogP contribution in [0.2, 0.25) is 0 Å². The van der Waals surface area contributed by atoms with Crippen LogP contribution in [0, 0.1) is 0 Å². The summed E-state index contributed by atoms with van der Waals surface area (Å²) in [5.74, 6) is -0.435. The molecule has 0 spiro atoms. The van der Waals surface area contributed by atoms with E-state index < -0.39 is 6.36 Å². The van der Waals surface area contributed by atoms with E-state index in [4.69, 9.17) is 10.5 Å². The quantitative estimate of drug-likeness (QED) is 0.367. The molecule has 0 radical (unpaired) electrons. The minimum atomic E-state index is -4.79. The van der Waals surface area contributed by atoms with E-state index >= 15 is 0 Å². The van der Waals surface area contributed by atoms with Gasteiger partial charge in [-0.25, -0.2) is 0 Å². The normalized spacial score (nSPS) is 12.8. The van der Waals surface area contributed by atoms with E-state index in [2.05, 4.69) is 15.0 Å². The molecule has 2 aromatic carbocycles. The Bertz CT molecular complexity index is 712. The maximum atomic E-state index is 12.4. The van der Waals surface area contributed by atoms with Crippen molar-refractivity contribution in [2.45, 2.75) is 12.5 Å². The lowest BCUT2D eigenvalue weighted by Gasteiger charge is -2.15. The number of nitrogens with two attached hydrogens (primary N) is 1. The van der Waals surface area contributed by atoms with Gasteiger partial charge in [0.15, 0.2) is 11.7 Å². The van der Waals surface area contributed by atoms with Crippen molar-refractivity contribution in [3.63, 3.8) is 0 Å². The molecule has 1 unspecified atom stereocenters. The second-order valence-electron chi connectivity index (χ2n) is 5.03. The molecule has 0 saturated carbocycles. The van der Waals surface area contributed by atoms with Gasteiger partial charge in [0.25, 0.3) is 0 Å². The first kappa shape index (κ1) is 22.0. The van der Waals surface area contributed by atoms with Crippen molar-refractivity contribution in [2.24, 2.45) is 10.7 Å². The van der Waals surface area contributed by atoms with Crippen molar-refractivity contribution in [3.8, 4) is 5.75 Å². The molecule has 0 aliphatic heterocycles. The van der Waals surface area contributed by atoms with Gasteiger partial charge in [0.2, 0.25) is 0 Å². The highest BCUT2D eigenvalue weighted by Gasteiger charge is 2.32. The molecule has 2 rings (SSSR count). The van der Waals surface area contributed by atoms with Crippen LogP contribution in [0.5, 0.6) is 5.75 Å². The fraction of sp³-hybridized carbons (Fsp3) is 0.235. The highest BCUT2D eigenvalue weighted by molar-refractivity contribution is 14.0. The molecule has 0 aliphatic rings. The standard InChI is InChI=1S/C17H18F3N3O2.HI/c1-24-15(12-7-3-2-4-8-12)11-22-16(21)23-13-9-5-6-10-14(13)25-17(18,19)20;/h2-10,15H,11H2,1H3,(H3,21,22,23);1H. The number of anilines is 1. The number of methoxy groups -OCH3 is 1. The maximum absolute atomic E-state index is 12.4. The van der Waals surface area contributed by atoms with Gasteiger partial charge in [-0.1, -0.05) is 42.5 Å². The predicted octanol–water partition coefficient (Wildman–Crippen LogP) is 4.32. The molecule has 0 fully saturated rings. The third kappa shape index (κ3) is 7.08. The highest BCUT2D eigenvalue weighted by Crippen LogP contribution is 2.29. The molecule has 0 heterocycles. The van der Waals surface area contributed by atoms with E-state index in [0.717, 1.165) is 5.56 Å². The van der Waals surface area contributed by atoms with E-state index in [1.807, 2.05) is 30.3 Å². The molecule has 26 heavy (non-hydrogen) atoms. The summed E-state index contributed by atoms with van der Waals surface area (Å²) in [5.41, 5.74) is 6.75. The van der Waals surface area contributed by atoms with Crippen molar-refractivity contribution in [1.29, 1.82) is 0 Å². The number of nitrogens with one attached hydrogen (secondary N) is 1. The third-order valence-electron chi connectivity index (χ3n) is 3.26. The Balaban J connectivity index is 0.00000338. The average Bonchev–Trinajstić information content (AvgIpc) is 2.57. The number of halogens is 4. The lowest BCUT2D eigenvalue weighted by Crippen LogP contribution is -2.25. The zero-order chi connectivity index (χ0) is 18.3. The topological polar surface area (TPSA) is 68.9 Å². The lowest BCUT2D eigenvalue weighted by atomic mass is 10.1. The molecule has 142 valence electrons. The van der Waals surface area contributed by atoms with Crippen molar-refractivity contribution >= 4 is 35.6 Å². The van der Waals surface area contributed by atoms with Crippen LogP contribution in [0.3, 0.4) is 0 Å². The Hall–Kier alpha value is -2.01. The number of ether oxygens (including phenoxy) is 2. The molecule has 5 nitrogen and oxygen atoms in total. The second kappa shape index (κ2) is 10.2. The average molecular weight is 481 g/mol. The number of guanidine groups is 1. The number of nitrogens with zero attached hydrogens (tertiary/aromatic N) is 1. The fourth-order valence-electron chi connectivity index (χ4n) is 2.13. The zero-order valence-corrected chi connectivity index (χ0v) is 16.2. The van der Waals surface area contributed by atoms with E-state index in [9.17, 15) is 13.2 Å². The predicted molar refractivity (Wildman–Crippen MR) is 105 cm³/mol. The van der Waals surface area contributed by atoms with Crippen molar-refractivity contribution < 1.29 is 22.6 Å². The number of alkyl halides is 3. The summed E-state index contributed by atoms with van der Waals surface area (Å²) in [4.78, 5) is 4.13. The van der Waals surface area contributed by atoms with Crippen molar-refractivity contribution in [2.75, 3.05) is 19.0 Å². The number of rotatable bonds is 6. The number of aliphatic imine (C=N–C) groups is 1. The summed E-state index contributed by atoms with van der Waals surface area (Å²) >= 11 is 0. The first-order chi connectivity index (χ1) is 11.9. The number of benzene rings is 2. The Kier molecular flexibility index (Phi) is 8.66. The summed E-state index contributed by atoms with van der Waals surface area (Å²) in [6.07, 6.45) is -5.11. The molecule has 2 aromatic rings. The Morgan fingerprint density at radius 3 is 2.35 bits per heavy atom. The van der Waals surface area contributed by atoms with E-state index in [1.165, 1.54) is 18.2 Å². The van der Waals surface area contributed by atoms with Crippen LogP contribution in [0.1, 0.15) is 11.7 Å². The van der Waals surface area contributed by atoms with Crippen LogP contribution in [0.25, 0.3) is 0 Å². The summed E-state index contributed by atoms with van der Waals surface area (Å²) in [5, 5.41) is 2.61. The Morgan fingerprint density at radius 2 is 1.73 bits per heavy atom. The monoisotopic (exact) mass is 481 g/mol. The van der Waals surface area contributed by atoms with Gasteiger partial charge >= 0.3 is 6.36 Å². The van der Waals surface area contributed by atoms with E-state index in [-0.39, 0.29) is 54.0 Å². The largest absolute Gasteiger partial charge is 0.573 e. The van der Waals surface area contributed by atoms with Crippen LogP contribution in [0.4, 0.5) is 18.9 Å². The summed E-state index contributed by atoms with van der Waals surface area (Å²) in [6, 6.07) is 15.0. The zero-order valence-electron chi connectivity index (χ0n) is 13.9. The first-order valence-corrected chi connectivity index (χ1v) is 7.38. The molecule has 0 bridgehead atoms. The van der Waals surface area contributed by atoms with Gasteiger partial charge in [0, 0.05) is 7.11 Å². The Morgan fingerprint density at radius 1 is 1.12 bits per heavy atom. The van der Waals surface area contributed by atoms with Gasteiger partial charge in [-0.15, -0.1) is 37.1 Å². The van der Waals surface area contributed by atoms with Gasteiger partial charge in [0.05, 0.1) is 12.2 Å². The molecule has 0 saturated heterocycles. The van der Waals surface area contributed by atoms with Gasteiger partial charge in [-0.3, -0.25) is 4.99 Å². The van der Waals surface area contributed by atoms with Gasteiger partial charge in [0.1, 0.15) is 6.10 Å². The highest BCUT2D eigenvalue weighted by atomic mass is 127. The molecular weight excluding hydrogens is 462 g/mol. The molecule has 3 N–H and O–H groups in total. The fourth-order valence-corrected chi connectivity index (χ4v) is 2.13. The third-order valence-corrected chi connectivity index (χ3v) is 3.26. The lowest BCUT2D eigenvalue weighted by molar-refractivity contribution is -0.274. The van der Waals surface area contributed by atoms with Crippen LogP contribution < -0.4 is 15.8 Å². The summed E-state index contributed by atoms with van der Waals surface area (Å²) < 4.78 is 46.6. The number of para-hydroxylation sites is 2. The summed E-state index contributed by atoms with van der Waals surface area (Å²) in [6.45, 7) is 0.210. The minimum Gasteiger partial charge on any atom is -0.404 e. The van der Waals surface area contributed by atoms with Gasteiger partial charge < -0.3 is 20.5 Å².